The van der Waals surface area contributed by atoms with Gasteiger partial charge in [-0.05, 0) is 34.2 Å². The number of aromatic nitrogens is 1. The average molecular weight is 396 g/mol. The molecule has 0 bridgehead atoms. The fourth-order valence-corrected chi connectivity index (χ4v) is 1.70. The maximum Gasteiger partial charge on any atom is 0.573 e. The lowest BCUT2D eigenvalue weighted by Gasteiger charge is -2.12. The number of pyridine rings is 1. The van der Waals surface area contributed by atoms with Gasteiger partial charge in [-0.3, -0.25) is 14.9 Å². The molecule has 0 aliphatic carbocycles. The fraction of sp³-hybridized carbons (Fsp3) is 0.143. The second-order valence-electron chi connectivity index (χ2n) is 2.72. The summed E-state index contributed by atoms with van der Waals surface area (Å²) in [6.07, 6.45) is -4.50. The van der Waals surface area contributed by atoms with Gasteiger partial charge in [0.1, 0.15) is 9.90 Å². The van der Waals surface area contributed by atoms with Gasteiger partial charge in [-0.1, -0.05) is 0 Å². The Bertz CT molecular complexity index is 522. The molecule has 6 nitrogen and oxygen atoms in total. The van der Waals surface area contributed by atoms with Crippen molar-refractivity contribution >= 4 is 45.1 Å². The SMILES string of the molecule is O=C(Cl)c1c([N+](=O)[O-])cnc(I)c1OC(F)(F)F. The van der Waals surface area contributed by atoms with Gasteiger partial charge in [0, 0.05) is 0 Å². The summed E-state index contributed by atoms with van der Waals surface area (Å²) in [5.41, 5.74) is -1.95. The third kappa shape index (κ3) is 3.41. The van der Waals surface area contributed by atoms with Crippen LogP contribution in [0.5, 0.6) is 5.75 Å². The number of hydrogen-bond acceptors (Lipinski definition) is 5. The van der Waals surface area contributed by atoms with Crippen LogP contribution >= 0.6 is 34.2 Å². The lowest BCUT2D eigenvalue weighted by molar-refractivity contribution is -0.385. The molecule has 0 aliphatic rings. The molecular formula is C7HClF3IN2O4. The van der Waals surface area contributed by atoms with Crippen LogP contribution in [0.3, 0.4) is 0 Å². The first-order chi connectivity index (χ1) is 8.13. The number of carbonyl (C=O) groups excluding carboxylic acids is 1. The van der Waals surface area contributed by atoms with Gasteiger partial charge in [0.2, 0.25) is 0 Å². The average Bonchev–Trinajstić information content (AvgIpc) is 2.17. The van der Waals surface area contributed by atoms with Crippen LogP contribution in [0.1, 0.15) is 10.4 Å². The Morgan fingerprint density at radius 1 is 1.56 bits per heavy atom. The molecule has 11 heteroatoms. The number of rotatable bonds is 3. The molecule has 1 heterocycles. The highest BCUT2D eigenvalue weighted by molar-refractivity contribution is 14.1. The molecule has 18 heavy (non-hydrogen) atoms. The van der Waals surface area contributed by atoms with E-state index >= 15 is 0 Å². The van der Waals surface area contributed by atoms with Gasteiger partial charge in [0.05, 0.1) is 4.92 Å². The summed E-state index contributed by atoms with van der Waals surface area (Å²) in [5.74, 6) is -1.09. The largest absolute Gasteiger partial charge is 0.573 e. The van der Waals surface area contributed by atoms with Crippen LogP contribution in [0.4, 0.5) is 18.9 Å². The third-order valence-corrected chi connectivity index (χ3v) is 2.54. The van der Waals surface area contributed by atoms with Crippen LogP contribution in [-0.2, 0) is 0 Å². The second-order valence-corrected chi connectivity index (χ2v) is 4.08. The van der Waals surface area contributed by atoms with Crippen molar-refractivity contribution in [2.24, 2.45) is 0 Å². The second kappa shape index (κ2) is 5.22. The van der Waals surface area contributed by atoms with E-state index in [-0.39, 0.29) is 3.70 Å². The standard InChI is InChI=1S/C7HClF3IN2O4/c8-5(15)3-2(14(16)17)1-13-6(12)4(3)18-7(9,10)11/h1H. The number of hydrogen-bond donors (Lipinski definition) is 0. The number of alkyl halides is 3. The molecule has 0 N–H and O–H groups in total. The number of nitro groups is 1. The van der Waals surface area contributed by atoms with Crippen molar-refractivity contribution in [1.29, 1.82) is 0 Å². The van der Waals surface area contributed by atoms with Crippen molar-refractivity contribution in [2.75, 3.05) is 0 Å². The Balaban J connectivity index is 3.51. The molecule has 0 fully saturated rings. The summed E-state index contributed by atoms with van der Waals surface area (Å²) in [5, 5.41) is 9.13. The van der Waals surface area contributed by atoms with E-state index in [2.05, 4.69) is 9.72 Å². The van der Waals surface area contributed by atoms with Crippen molar-refractivity contribution in [3.8, 4) is 5.75 Å². The Kier molecular flexibility index (Phi) is 4.32. The lowest BCUT2D eigenvalue weighted by Crippen LogP contribution is -2.20. The number of carbonyl (C=O) groups is 1. The summed E-state index contributed by atoms with van der Waals surface area (Å²) in [6.45, 7) is 0. The molecule has 0 saturated carbocycles. The van der Waals surface area contributed by atoms with Crippen molar-refractivity contribution in [2.45, 2.75) is 6.36 Å². The van der Waals surface area contributed by atoms with Crippen molar-refractivity contribution in [3.05, 3.63) is 25.6 Å². The molecule has 1 aromatic heterocycles. The minimum atomic E-state index is -5.13. The zero-order valence-electron chi connectivity index (χ0n) is 7.99. The molecule has 0 spiro atoms. The normalized spacial score (nSPS) is 11.2. The molecular weight excluding hydrogens is 395 g/mol. The van der Waals surface area contributed by atoms with Crippen LogP contribution in [0, 0.1) is 13.8 Å². The first kappa shape index (κ1) is 14.9. The Morgan fingerprint density at radius 2 is 2.11 bits per heavy atom. The highest BCUT2D eigenvalue weighted by atomic mass is 127. The van der Waals surface area contributed by atoms with Gasteiger partial charge in [-0.25, -0.2) is 4.98 Å². The molecule has 1 aromatic rings. The minimum Gasteiger partial charge on any atom is -0.402 e. The summed E-state index contributed by atoms with van der Waals surface area (Å²) >= 11 is 6.37. The van der Waals surface area contributed by atoms with E-state index in [1.54, 1.807) is 0 Å². The fourth-order valence-electron chi connectivity index (χ4n) is 0.998. The van der Waals surface area contributed by atoms with E-state index in [1.165, 1.54) is 22.6 Å². The molecule has 0 aromatic carbocycles. The Labute approximate surface area is 115 Å². The zero-order chi connectivity index (χ0) is 14.1. The molecule has 0 aliphatic heterocycles. The van der Waals surface area contributed by atoms with Gasteiger partial charge < -0.3 is 4.74 Å². The summed E-state index contributed by atoms with van der Waals surface area (Å²) in [4.78, 5) is 23.8. The molecule has 98 valence electrons. The van der Waals surface area contributed by atoms with Crippen LogP contribution < -0.4 is 4.74 Å². The first-order valence-electron chi connectivity index (χ1n) is 3.92. The quantitative estimate of drug-likeness (QED) is 0.258. The first-order valence-corrected chi connectivity index (χ1v) is 5.37. The van der Waals surface area contributed by atoms with Crippen LogP contribution in [-0.4, -0.2) is 21.5 Å². The monoisotopic (exact) mass is 396 g/mol. The van der Waals surface area contributed by atoms with E-state index in [0.717, 1.165) is 0 Å². The summed E-state index contributed by atoms with van der Waals surface area (Å²) < 4.78 is 39.5. The summed E-state index contributed by atoms with van der Waals surface area (Å²) in [7, 11) is 0. The van der Waals surface area contributed by atoms with Gasteiger partial charge in [0.25, 0.3) is 5.24 Å². The van der Waals surface area contributed by atoms with E-state index in [0.29, 0.717) is 6.20 Å². The van der Waals surface area contributed by atoms with E-state index in [1.807, 2.05) is 0 Å². The Morgan fingerprint density at radius 3 is 2.50 bits per heavy atom. The Hall–Kier alpha value is -1.17. The zero-order valence-corrected chi connectivity index (χ0v) is 10.9. The topological polar surface area (TPSA) is 82.3 Å². The summed E-state index contributed by atoms with van der Waals surface area (Å²) in [6, 6.07) is 0. The molecule has 0 amide bonds. The van der Waals surface area contributed by atoms with E-state index < -0.39 is 33.5 Å². The van der Waals surface area contributed by atoms with Gasteiger partial charge >= 0.3 is 12.0 Å². The van der Waals surface area contributed by atoms with Gasteiger partial charge in [-0.15, -0.1) is 13.2 Å². The van der Waals surface area contributed by atoms with Crippen LogP contribution in [0.25, 0.3) is 0 Å². The number of halogens is 5. The van der Waals surface area contributed by atoms with Gasteiger partial charge in [-0.2, -0.15) is 0 Å². The minimum absolute atomic E-state index is 0.375. The highest BCUT2D eigenvalue weighted by Gasteiger charge is 2.37. The van der Waals surface area contributed by atoms with Crippen molar-refractivity contribution in [3.63, 3.8) is 0 Å². The number of nitrogens with zero attached hydrogens (tertiary/aromatic N) is 2. The molecule has 0 radical (unpaired) electrons. The molecule has 1 rings (SSSR count). The highest BCUT2D eigenvalue weighted by Crippen LogP contribution is 2.35. The predicted octanol–water partition coefficient (Wildman–Crippen LogP) is 2.87. The maximum atomic E-state index is 12.1. The lowest BCUT2D eigenvalue weighted by atomic mass is 10.2. The smallest absolute Gasteiger partial charge is 0.402 e. The predicted molar refractivity (Wildman–Crippen MR) is 60.5 cm³/mol. The third-order valence-electron chi connectivity index (χ3n) is 1.58. The van der Waals surface area contributed by atoms with Crippen LogP contribution in [0.2, 0.25) is 0 Å². The molecule has 0 saturated heterocycles. The molecule has 0 unspecified atom stereocenters. The van der Waals surface area contributed by atoms with E-state index in [4.69, 9.17) is 11.6 Å². The van der Waals surface area contributed by atoms with Crippen molar-refractivity contribution in [1.82, 2.24) is 4.98 Å². The molecule has 0 atom stereocenters. The van der Waals surface area contributed by atoms with E-state index in [9.17, 15) is 28.1 Å². The number of ether oxygens (including phenoxy) is 1. The maximum absolute atomic E-state index is 12.1. The van der Waals surface area contributed by atoms with Crippen molar-refractivity contribution < 1.29 is 27.6 Å². The van der Waals surface area contributed by atoms with Crippen LogP contribution in [0.15, 0.2) is 6.20 Å². The van der Waals surface area contributed by atoms with Gasteiger partial charge in [0.15, 0.2) is 11.3 Å².